The van der Waals surface area contributed by atoms with Gasteiger partial charge in [0.1, 0.15) is 6.79 Å². The highest BCUT2D eigenvalue weighted by atomic mass is 28.2. The quantitative estimate of drug-likeness (QED) is 0.329. The first-order valence-corrected chi connectivity index (χ1v) is 5.76. The van der Waals surface area contributed by atoms with Gasteiger partial charge in [0.05, 0.1) is 6.61 Å². The van der Waals surface area contributed by atoms with Crippen LogP contribution in [0.2, 0.25) is 6.04 Å². The van der Waals surface area contributed by atoms with Gasteiger partial charge in [-0.1, -0.05) is 13.3 Å². The monoisotopic (exact) mass is 178 g/mol. The fourth-order valence-corrected chi connectivity index (χ4v) is 1.32. The number of hydrogen-bond acceptors (Lipinski definition) is 3. The molecule has 0 amide bonds. The molecule has 0 bridgehead atoms. The molecule has 0 aliphatic heterocycles. The maximum absolute atomic E-state index is 8.39. The molecule has 0 rings (SSSR count). The first-order chi connectivity index (χ1) is 5.41. The van der Waals surface area contributed by atoms with Crippen molar-refractivity contribution in [3.63, 3.8) is 0 Å². The van der Waals surface area contributed by atoms with E-state index >= 15 is 0 Å². The molecule has 0 aromatic carbocycles. The molecule has 4 heteroatoms. The van der Waals surface area contributed by atoms with Gasteiger partial charge in [-0.15, -0.1) is 0 Å². The van der Waals surface area contributed by atoms with Crippen molar-refractivity contribution in [1.29, 1.82) is 0 Å². The highest BCUT2D eigenvalue weighted by Gasteiger charge is 1.88. The SMILES string of the molecule is CCC[SiH2]OCOCCCO. The minimum atomic E-state index is -0.310. The van der Waals surface area contributed by atoms with Crippen LogP contribution in [-0.4, -0.2) is 34.9 Å². The first-order valence-electron chi connectivity index (χ1n) is 4.18. The number of hydrogen-bond donors (Lipinski definition) is 1. The minimum absolute atomic E-state index is 0.201. The van der Waals surface area contributed by atoms with Crippen LogP contribution in [0.15, 0.2) is 0 Å². The summed E-state index contributed by atoms with van der Waals surface area (Å²) in [7, 11) is -0.310. The molecule has 11 heavy (non-hydrogen) atoms. The van der Waals surface area contributed by atoms with E-state index in [1.54, 1.807) is 0 Å². The highest BCUT2D eigenvalue weighted by molar-refractivity contribution is 6.26. The lowest BCUT2D eigenvalue weighted by Gasteiger charge is -2.03. The van der Waals surface area contributed by atoms with E-state index in [1.807, 2.05) is 0 Å². The molecule has 0 aliphatic rings. The summed E-state index contributed by atoms with van der Waals surface area (Å²) in [5.41, 5.74) is 0. The van der Waals surface area contributed by atoms with Crippen molar-refractivity contribution < 1.29 is 14.3 Å². The van der Waals surface area contributed by atoms with Gasteiger partial charge >= 0.3 is 0 Å². The lowest BCUT2D eigenvalue weighted by atomic mass is 10.5. The molecule has 0 saturated heterocycles. The summed E-state index contributed by atoms with van der Waals surface area (Å²) in [4.78, 5) is 0. The number of rotatable bonds is 8. The molecule has 3 nitrogen and oxygen atoms in total. The molecule has 0 fully saturated rings. The highest BCUT2D eigenvalue weighted by Crippen LogP contribution is 1.87. The molecular weight excluding hydrogens is 160 g/mol. The summed E-state index contributed by atoms with van der Waals surface area (Å²) in [5.74, 6) is 0. The van der Waals surface area contributed by atoms with Crippen LogP contribution in [0.4, 0.5) is 0 Å². The Morgan fingerprint density at radius 3 is 2.91 bits per heavy atom. The fraction of sp³-hybridized carbons (Fsp3) is 1.00. The average Bonchev–Trinajstić information content (AvgIpc) is 2.03. The van der Waals surface area contributed by atoms with E-state index in [0.717, 1.165) is 0 Å². The molecule has 0 aliphatic carbocycles. The van der Waals surface area contributed by atoms with Crippen molar-refractivity contribution >= 4 is 9.76 Å². The Morgan fingerprint density at radius 2 is 2.27 bits per heavy atom. The summed E-state index contributed by atoms with van der Waals surface area (Å²) in [6.07, 6.45) is 1.92. The van der Waals surface area contributed by atoms with Crippen LogP contribution in [0.1, 0.15) is 19.8 Å². The van der Waals surface area contributed by atoms with Crippen molar-refractivity contribution in [2.75, 3.05) is 20.0 Å². The predicted molar refractivity (Wildman–Crippen MR) is 47.2 cm³/mol. The van der Waals surface area contributed by atoms with E-state index in [4.69, 9.17) is 14.3 Å². The molecule has 0 atom stereocenters. The second-order valence-corrected chi connectivity index (χ2v) is 3.89. The molecule has 0 heterocycles. The maximum Gasteiger partial charge on any atom is 0.164 e. The summed E-state index contributed by atoms with van der Waals surface area (Å²) in [5, 5.41) is 8.39. The lowest BCUT2D eigenvalue weighted by Crippen LogP contribution is -2.05. The van der Waals surface area contributed by atoms with Gasteiger partial charge < -0.3 is 14.3 Å². The number of aliphatic hydroxyl groups excluding tert-OH is 1. The third-order valence-electron chi connectivity index (χ3n) is 1.26. The van der Waals surface area contributed by atoms with Crippen LogP contribution in [-0.2, 0) is 9.16 Å². The standard InChI is InChI=1S/C7H18O3Si/c1-2-6-11-10-7-9-5-3-4-8/h8H,2-7,11H2,1H3. The number of aliphatic hydroxyl groups is 1. The summed E-state index contributed by atoms with van der Waals surface area (Å²) < 4.78 is 10.3. The van der Waals surface area contributed by atoms with E-state index in [-0.39, 0.29) is 16.4 Å². The van der Waals surface area contributed by atoms with Crippen molar-refractivity contribution in [2.24, 2.45) is 0 Å². The van der Waals surface area contributed by atoms with Crippen molar-refractivity contribution in [2.45, 2.75) is 25.8 Å². The second kappa shape index (κ2) is 10.1. The van der Waals surface area contributed by atoms with Crippen LogP contribution in [0.25, 0.3) is 0 Å². The Kier molecular flexibility index (Phi) is 10.2. The topological polar surface area (TPSA) is 38.7 Å². The maximum atomic E-state index is 8.39. The van der Waals surface area contributed by atoms with Crippen LogP contribution >= 0.6 is 0 Å². The van der Waals surface area contributed by atoms with Gasteiger partial charge in [0, 0.05) is 6.61 Å². The van der Waals surface area contributed by atoms with Gasteiger partial charge in [0.15, 0.2) is 9.76 Å². The molecular formula is C7H18O3Si. The lowest BCUT2D eigenvalue weighted by molar-refractivity contribution is 0.0111. The summed E-state index contributed by atoms with van der Waals surface area (Å²) >= 11 is 0. The predicted octanol–water partition coefficient (Wildman–Crippen LogP) is 0.272. The molecule has 0 saturated carbocycles. The zero-order valence-electron chi connectivity index (χ0n) is 7.21. The van der Waals surface area contributed by atoms with Gasteiger partial charge in [0.2, 0.25) is 0 Å². The largest absolute Gasteiger partial charge is 0.402 e. The summed E-state index contributed by atoms with van der Waals surface area (Å²) in [6.45, 7) is 3.39. The fourth-order valence-electron chi connectivity index (χ4n) is 0.590. The van der Waals surface area contributed by atoms with Gasteiger partial charge in [0.25, 0.3) is 0 Å². The molecule has 1 N–H and O–H groups in total. The first kappa shape index (κ1) is 11.1. The average molecular weight is 178 g/mol. The van der Waals surface area contributed by atoms with E-state index in [9.17, 15) is 0 Å². The van der Waals surface area contributed by atoms with Crippen LogP contribution in [0, 0.1) is 0 Å². The van der Waals surface area contributed by atoms with E-state index in [1.165, 1.54) is 12.5 Å². The molecule has 68 valence electrons. The van der Waals surface area contributed by atoms with Gasteiger partial charge in [-0.05, 0) is 12.5 Å². The Hall–Kier alpha value is 0.0969. The second-order valence-electron chi connectivity index (χ2n) is 2.37. The third-order valence-corrected chi connectivity index (χ3v) is 2.71. The van der Waals surface area contributed by atoms with Crippen LogP contribution in [0.3, 0.4) is 0 Å². The van der Waals surface area contributed by atoms with Crippen molar-refractivity contribution in [3.05, 3.63) is 0 Å². The zero-order chi connectivity index (χ0) is 8.36. The van der Waals surface area contributed by atoms with Crippen LogP contribution in [0.5, 0.6) is 0 Å². The van der Waals surface area contributed by atoms with Gasteiger partial charge in [-0.2, -0.15) is 0 Å². The van der Waals surface area contributed by atoms with Gasteiger partial charge in [-0.25, -0.2) is 0 Å². The zero-order valence-corrected chi connectivity index (χ0v) is 8.63. The normalized spacial score (nSPS) is 11.5. The Labute approximate surface area is 70.6 Å². The minimum Gasteiger partial charge on any atom is -0.402 e. The molecule has 0 radical (unpaired) electrons. The Balaban J connectivity index is 2.69. The summed E-state index contributed by atoms with van der Waals surface area (Å²) in [6, 6.07) is 1.23. The van der Waals surface area contributed by atoms with E-state index < -0.39 is 0 Å². The molecule has 0 spiro atoms. The van der Waals surface area contributed by atoms with Crippen molar-refractivity contribution in [3.8, 4) is 0 Å². The van der Waals surface area contributed by atoms with Gasteiger partial charge in [-0.3, -0.25) is 0 Å². The Bertz CT molecular complexity index is 62.7. The van der Waals surface area contributed by atoms with Crippen LogP contribution < -0.4 is 0 Å². The van der Waals surface area contributed by atoms with Crippen molar-refractivity contribution in [1.82, 2.24) is 0 Å². The smallest absolute Gasteiger partial charge is 0.164 e. The number of ether oxygens (including phenoxy) is 1. The van der Waals surface area contributed by atoms with E-state index in [2.05, 4.69) is 6.92 Å². The third kappa shape index (κ3) is 10.1. The Morgan fingerprint density at radius 1 is 1.45 bits per heavy atom. The van der Waals surface area contributed by atoms with E-state index in [0.29, 0.717) is 19.8 Å². The molecule has 0 aromatic rings. The molecule has 0 unspecified atom stereocenters. The molecule has 0 aromatic heterocycles.